The first-order valence-electron chi connectivity index (χ1n) is 4.88. The molecule has 0 unspecified atom stereocenters. The van der Waals surface area contributed by atoms with Crippen LogP contribution in [-0.2, 0) is 10.0 Å². The molecule has 5 heteroatoms. The van der Waals surface area contributed by atoms with Gasteiger partial charge in [-0.1, -0.05) is 13.3 Å². The van der Waals surface area contributed by atoms with Crippen LogP contribution in [0.3, 0.4) is 0 Å². The van der Waals surface area contributed by atoms with E-state index >= 15 is 0 Å². The van der Waals surface area contributed by atoms with Gasteiger partial charge in [0.05, 0.1) is 6.07 Å². The number of hydrogen-bond acceptors (Lipinski definition) is 3. The van der Waals surface area contributed by atoms with Crippen LogP contribution >= 0.6 is 0 Å². The first-order chi connectivity index (χ1) is 6.54. The molecule has 1 aliphatic rings. The Bertz CT molecular complexity index is 320. The maximum absolute atomic E-state index is 11.2. The number of nitrogens with zero attached hydrogens (tertiary/aromatic N) is 1. The molecule has 1 rings (SSSR count). The standard InChI is InChI=1S/C9H16N2O2S/c1-2-9(4-3-5-9)8-11-14(12,13)7-6-10/h11H,2-5,7-8H2,1H3. The molecule has 0 saturated heterocycles. The van der Waals surface area contributed by atoms with Crippen molar-refractivity contribution in [3.8, 4) is 6.07 Å². The summed E-state index contributed by atoms with van der Waals surface area (Å²) in [6.45, 7) is 2.57. The van der Waals surface area contributed by atoms with Crippen molar-refractivity contribution in [2.75, 3.05) is 12.3 Å². The third-order valence-corrected chi connectivity index (χ3v) is 4.18. The molecule has 0 aromatic rings. The number of hydrogen-bond donors (Lipinski definition) is 1. The number of nitriles is 1. The third kappa shape index (κ3) is 2.69. The Morgan fingerprint density at radius 1 is 1.50 bits per heavy atom. The molecule has 1 fully saturated rings. The van der Waals surface area contributed by atoms with Crippen LogP contribution in [0.25, 0.3) is 0 Å². The van der Waals surface area contributed by atoms with Crippen molar-refractivity contribution in [2.24, 2.45) is 5.41 Å². The summed E-state index contributed by atoms with van der Waals surface area (Å²) in [5.74, 6) is -0.438. The maximum Gasteiger partial charge on any atom is 0.225 e. The quantitative estimate of drug-likeness (QED) is 0.745. The van der Waals surface area contributed by atoms with Gasteiger partial charge in [0.1, 0.15) is 0 Å². The van der Waals surface area contributed by atoms with Gasteiger partial charge in [-0.25, -0.2) is 13.1 Å². The van der Waals surface area contributed by atoms with E-state index < -0.39 is 15.8 Å². The van der Waals surface area contributed by atoms with Crippen molar-refractivity contribution in [1.82, 2.24) is 4.72 Å². The van der Waals surface area contributed by atoms with Gasteiger partial charge in [-0.2, -0.15) is 5.26 Å². The number of rotatable bonds is 5. The molecule has 1 N–H and O–H groups in total. The Labute approximate surface area is 85.4 Å². The van der Waals surface area contributed by atoms with Crippen molar-refractivity contribution in [1.29, 1.82) is 5.26 Å². The lowest BCUT2D eigenvalue weighted by atomic mass is 9.67. The molecular weight excluding hydrogens is 200 g/mol. The summed E-state index contributed by atoms with van der Waals surface area (Å²) in [5.41, 5.74) is 0.169. The fourth-order valence-electron chi connectivity index (χ4n) is 1.73. The molecule has 1 aliphatic carbocycles. The monoisotopic (exact) mass is 216 g/mol. The zero-order valence-corrected chi connectivity index (χ0v) is 9.23. The smallest absolute Gasteiger partial charge is 0.214 e. The molecule has 0 heterocycles. The first kappa shape index (κ1) is 11.5. The van der Waals surface area contributed by atoms with E-state index in [9.17, 15) is 8.42 Å². The minimum absolute atomic E-state index is 0.169. The maximum atomic E-state index is 11.2. The highest BCUT2D eigenvalue weighted by molar-refractivity contribution is 7.89. The average Bonchev–Trinajstić information content (AvgIpc) is 2.03. The average molecular weight is 216 g/mol. The van der Waals surface area contributed by atoms with Crippen molar-refractivity contribution >= 4 is 10.0 Å². The summed E-state index contributed by atoms with van der Waals surface area (Å²) < 4.78 is 24.9. The summed E-state index contributed by atoms with van der Waals surface area (Å²) in [7, 11) is -3.36. The topological polar surface area (TPSA) is 70.0 Å². The Balaban J connectivity index is 2.44. The van der Waals surface area contributed by atoms with Crippen LogP contribution in [0.15, 0.2) is 0 Å². The molecular formula is C9H16N2O2S. The molecule has 14 heavy (non-hydrogen) atoms. The molecule has 0 aromatic carbocycles. The summed E-state index contributed by atoms with van der Waals surface area (Å²) >= 11 is 0. The highest BCUT2D eigenvalue weighted by atomic mass is 32.2. The molecule has 0 radical (unpaired) electrons. The lowest BCUT2D eigenvalue weighted by molar-refractivity contribution is 0.133. The van der Waals surface area contributed by atoms with Crippen molar-refractivity contribution in [3.05, 3.63) is 0 Å². The summed E-state index contributed by atoms with van der Waals surface area (Å²) in [5, 5.41) is 8.29. The van der Waals surface area contributed by atoms with Gasteiger partial charge in [0.2, 0.25) is 10.0 Å². The van der Waals surface area contributed by atoms with Gasteiger partial charge < -0.3 is 0 Å². The fourth-order valence-corrected chi connectivity index (χ4v) is 2.53. The van der Waals surface area contributed by atoms with E-state index in [1.807, 2.05) is 0 Å². The molecule has 0 aliphatic heterocycles. The van der Waals surface area contributed by atoms with Crippen LogP contribution in [0.4, 0.5) is 0 Å². The first-order valence-corrected chi connectivity index (χ1v) is 6.53. The van der Waals surface area contributed by atoms with Crippen molar-refractivity contribution < 1.29 is 8.42 Å². The summed E-state index contributed by atoms with van der Waals surface area (Å²) in [4.78, 5) is 0. The predicted molar refractivity (Wildman–Crippen MR) is 54.0 cm³/mol. The van der Waals surface area contributed by atoms with Crippen LogP contribution in [0, 0.1) is 16.7 Å². The summed E-state index contributed by atoms with van der Waals surface area (Å²) in [6, 6.07) is 1.65. The predicted octanol–water partition coefficient (Wildman–Crippen LogP) is 1.01. The van der Waals surface area contributed by atoms with Crippen LogP contribution in [0.2, 0.25) is 0 Å². The molecule has 0 spiro atoms. The number of sulfonamides is 1. The lowest BCUT2D eigenvalue weighted by Crippen LogP contribution is -2.42. The Hall–Kier alpha value is -0.600. The minimum Gasteiger partial charge on any atom is -0.214 e. The van der Waals surface area contributed by atoms with E-state index in [0.29, 0.717) is 6.54 Å². The van der Waals surface area contributed by atoms with Gasteiger partial charge in [0.25, 0.3) is 0 Å². The highest BCUT2D eigenvalue weighted by Crippen LogP contribution is 2.43. The Morgan fingerprint density at radius 3 is 2.50 bits per heavy atom. The lowest BCUT2D eigenvalue weighted by Gasteiger charge is -2.41. The highest BCUT2D eigenvalue weighted by Gasteiger charge is 2.35. The van der Waals surface area contributed by atoms with Crippen molar-refractivity contribution in [2.45, 2.75) is 32.6 Å². The Morgan fingerprint density at radius 2 is 2.14 bits per heavy atom. The molecule has 0 aromatic heterocycles. The third-order valence-electron chi connectivity index (χ3n) is 3.09. The minimum atomic E-state index is -3.36. The van der Waals surface area contributed by atoms with Gasteiger partial charge in [0.15, 0.2) is 5.75 Å². The molecule has 0 atom stereocenters. The molecule has 80 valence electrons. The normalized spacial score (nSPS) is 19.7. The van der Waals surface area contributed by atoms with Gasteiger partial charge in [-0.05, 0) is 24.7 Å². The molecule has 0 bridgehead atoms. The number of nitrogens with one attached hydrogen (secondary N) is 1. The SMILES string of the molecule is CCC1(CNS(=O)(=O)CC#N)CCC1. The van der Waals surface area contributed by atoms with Crippen LogP contribution in [0.5, 0.6) is 0 Å². The Kier molecular flexibility index (Phi) is 3.51. The van der Waals surface area contributed by atoms with E-state index in [0.717, 1.165) is 19.3 Å². The zero-order chi connectivity index (χ0) is 10.7. The second-order valence-corrected chi connectivity index (χ2v) is 5.75. The molecule has 4 nitrogen and oxygen atoms in total. The van der Waals surface area contributed by atoms with E-state index in [1.165, 1.54) is 6.42 Å². The summed E-state index contributed by atoms with van der Waals surface area (Å²) in [6.07, 6.45) is 4.38. The van der Waals surface area contributed by atoms with Crippen LogP contribution < -0.4 is 4.72 Å². The van der Waals surface area contributed by atoms with E-state index in [4.69, 9.17) is 5.26 Å². The van der Waals surface area contributed by atoms with Crippen LogP contribution in [0.1, 0.15) is 32.6 Å². The van der Waals surface area contributed by atoms with Gasteiger partial charge in [-0.15, -0.1) is 0 Å². The zero-order valence-electron chi connectivity index (χ0n) is 8.41. The van der Waals surface area contributed by atoms with Gasteiger partial charge in [0, 0.05) is 6.54 Å². The molecule has 0 amide bonds. The van der Waals surface area contributed by atoms with Crippen LogP contribution in [-0.4, -0.2) is 20.7 Å². The van der Waals surface area contributed by atoms with Crippen molar-refractivity contribution in [3.63, 3.8) is 0 Å². The van der Waals surface area contributed by atoms with E-state index in [2.05, 4.69) is 11.6 Å². The second-order valence-electron chi connectivity index (χ2n) is 3.95. The second kappa shape index (κ2) is 4.28. The fraction of sp³-hybridized carbons (Fsp3) is 0.889. The molecule has 1 saturated carbocycles. The van der Waals surface area contributed by atoms with Gasteiger partial charge >= 0.3 is 0 Å². The van der Waals surface area contributed by atoms with Gasteiger partial charge in [-0.3, -0.25) is 0 Å². The largest absolute Gasteiger partial charge is 0.225 e. The van der Waals surface area contributed by atoms with E-state index in [-0.39, 0.29) is 5.41 Å². The van der Waals surface area contributed by atoms with E-state index in [1.54, 1.807) is 6.07 Å².